The molecule has 0 bridgehead atoms. The predicted molar refractivity (Wildman–Crippen MR) is 103 cm³/mol. The number of carbonyl (C=O) groups is 1. The Kier molecular flexibility index (Phi) is 5.43. The van der Waals surface area contributed by atoms with Crippen LogP contribution in [-0.4, -0.2) is 51.9 Å². The van der Waals surface area contributed by atoms with E-state index in [1.807, 2.05) is 12.1 Å². The molecule has 7 nitrogen and oxygen atoms in total. The molecule has 1 aromatic carbocycles. The van der Waals surface area contributed by atoms with Gasteiger partial charge in [0, 0.05) is 26.2 Å². The first kappa shape index (κ1) is 18.6. The molecule has 2 aromatic rings. The summed E-state index contributed by atoms with van der Waals surface area (Å²) in [6.07, 6.45) is 2.54. The maximum absolute atomic E-state index is 12.0. The van der Waals surface area contributed by atoms with E-state index in [4.69, 9.17) is 5.11 Å². The maximum atomic E-state index is 12.0. The van der Waals surface area contributed by atoms with Crippen molar-refractivity contribution in [3.05, 3.63) is 56.4 Å². The van der Waals surface area contributed by atoms with E-state index in [2.05, 4.69) is 38.3 Å². The Labute approximate surface area is 159 Å². The highest BCUT2D eigenvalue weighted by Gasteiger charge is 2.27. The molecule has 2 N–H and O–H groups in total. The van der Waals surface area contributed by atoms with E-state index in [-0.39, 0.29) is 17.5 Å². The molecule has 0 amide bonds. The summed E-state index contributed by atoms with van der Waals surface area (Å²) in [7, 11) is 3.67. The van der Waals surface area contributed by atoms with Gasteiger partial charge in [-0.25, -0.2) is 9.48 Å². The molecule has 3 rings (SSSR count). The van der Waals surface area contributed by atoms with Crippen LogP contribution >= 0.6 is 15.9 Å². The number of halogens is 1. The monoisotopic (exact) mass is 420 g/mol. The Morgan fingerprint density at radius 3 is 2.62 bits per heavy atom. The number of likely N-dealkylation sites (N-methyl/N-ethyl adjacent to an activating group) is 1. The summed E-state index contributed by atoms with van der Waals surface area (Å²) in [6, 6.07) is 7.23. The molecule has 0 spiro atoms. The molecule has 138 valence electrons. The molecular weight excluding hydrogens is 400 g/mol. The van der Waals surface area contributed by atoms with Crippen LogP contribution in [0.25, 0.3) is 0 Å². The fourth-order valence-corrected chi connectivity index (χ4v) is 3.87. The maximum Gasteiger partial charge on any atom is 0.335 e. The number of hydrogen-bond donors (Lipinski definition) is 2. The number of piperidine rings is 1. The third kappa shape index (κ3) is 3.96. The molecule has 2 atom stereocenters. The summed E-state index contributed by atoms with van der Waals surface area (Å²) >= 11 is 3.35. The number of aromatic nitrogens is 2. The number of rotatable bonds is 4. The van der Waals surface area contributed by atoms with Crippen LogP contribution in [-0.2, 0) is 7.05 Å². The smallest absolute Gasteiger partial charge is 0.335 e. The minimum absolute atomic E-state index is 0.156. The molecule has 1 aromatic heterocycles. The van der Waals surface area contributed by atoms with Crippen molar-refractivity contribution in [2.24, 2.45) is 7.05 Å². The first-order valence-electron chi connectivity index (χ1n) is 8.35. The second kappa shape index (κ2) is 7.59. The lowest BCUT2D eigenvalue weighted by Crippen LogP contribution is -2.43. The van der Waals surface area contributed by atoms with E-state index in [1.165, 1.54) is 4.68 Å². The van der Waals surface area contributed by atoms with Gasteiger partial charge in [0.2, 0.25) is 0 Å². The van der Waals surface area contributed by atoms with Crippen LogP contribution in [0.3, 0.4) is 0 Å². The molecule has 0 saturated carbocycles. The summed E-state index contributed by atoms with van der Waals surface area (Å²) in [5.74, 6) is -0.632. The predicted octanol–water partition coefficient (Wildman–Crippen LogP) is 2.14. The second-order valence-corrected chi connectivity index (χ2v) is 7.52. The van der Waals surface area contributed by atoms with Gasteiger partial charge >= 0.3 is 5.97 Å². The number of benzene rings is 1. The van der Waals surface area contributed by atoms with Crippen molar-refractivity contribution < 1.29 is 9.90 Å². The minimum atomic E-state index is -0.917. The zero-order valence-electron chi connectivity index (χ0n) is 14.6. The van der Waals surface area contributed by atoms with Crippen LogP contribution in [0.4, 0.5) is 5.69 Å². The van der Waals surface area contributed by atoms with E-state index in [0.29, 0.717) is 15.7 Å². The molecule has 2 unspecified atom stereocenters. The molecule has 8 heteroatoms. The zero-order chi connectivity index (χ0) is 18.8. The topological polar surface area (TPSA) is 87.5 Å². The lowest BCUT2D eigenvalue weighted by atomic mass is 9.88. The van der Waals surface area contributed by atoms with Crippen molar-refractivity contribution in [2.75, 3.05) is 25.5 Å². The van der Waals surface area contributed by atoms with Crippen molar-refractivity contribution >= 4 is 27.6 Å². The van der Waals surface area contributed by atoms with E-state index in [9.17, 15) is 9.59 Å². The number of carboxylic acid groups (broad SMARTS) is 1. The number of anilines is 1. The number of nitrogens with zero attached hydrogens (tertiary/aromatic N) is 3. The zero-order valence-corrected chi connectivity index (χ0v) is 16.2. The number of nitrogens with one attached hydrogen (secondary N) is 1. The van der Waals surface area contributed by atoms with E-state index >= 15 is 0 Å². The van der Waals surface area contributed by atoms with Gasteiger partial charge in [-0.3, -0.25) is 4.79 Å². The summed E-state index contributed by atoms with van der Waals surface area (Å²) in [6.45, 7) is 1.76. The van der Waals surface area contributed by atoms with Gasteiger partial charge in [-0.15, -0.1) is 0 Å². The molecule has 1 aliphatic heterocycles. The first-order valence-corrected chi connectivity index (χ1v) is 9.14. The van der Waals surface area contributed by atoms with Gasteiger partial charge in [0.25, 0.3) is 5.56 Å². The fourth-order valence-electron chi connectivity index (χ4n) is 3.39. The number of aromatic carboxylic acids is 1. The van der Waals surface area contributed by atoms with Crippen LogP contribution in [0, 0.1) is 0 Å². The Morgan fingerprint density at radius 2 is 1.96 bits per heavy atom. The average Bonchev–Trinajstić information content (AvgIpc) is 2.62. The molecule has 26 heavy (non-hydrogen) atoms. The first-order chi connectivity index (χ1) is 12.3. The van der Waals surface area contributed by atoms with Gasteiger partial charge in [-0.05, 0) is 53.0 Å². The quantitative estimate of drug-likeness (QED) is 0.787. The summed E-state index contributed by atoms with van der Waals surface area (Å²) < 4.78 is 1.76. The number of aryl methyl sites for hydroxylation is 1. The molecule has 1 fully saturated rings. The van der Waals surface area contributed by atoms with Crippen molar-refractivity contribution in [3.63, 3.8) is 0 Å². The Morgan fingerprint density at radius 1 is 1.27 bits per heavy atom. The highest BCUT2D eigenvalue weighted by Crippen LogP contribution is 2.29. The van der Waals surface area contributed by atoms with Gasteiger partial charge in [-0.1, -0.05) is 12.1 Å². The van der Waals surface area contributed by atoms with Gasteiger partial charge in [0.15, 0.2) is 0 Å². The molecule has 1 saturated heterocycles. The van der Waals surface area contributed by atoms with Crippen LogP contribution in [0.15, 0.2) is 39.7 Å². The number of likely N-dealkylation sites (tertiary alicyclic amines) is 1. The van der Waals surface area contributed by atoms with Gasteiger partial charge < -0.3 is 15.3 Å². The Bertz CT molecular complexity index is 866. The van der Waals surface area contributed by atoms with E-state index in [0.717, 1.165) is 25.1 Å². The van der Waals surface area contributed by atoms with Crippen molar-refractivity contribution in [3.8, 4) is 0 Å². The van der Waals surface area contributed by atoms with Crippen molar-refractivity contribution in [1.29, 1.82) is 0 Å². The normalized spacial score (nSPS) is 20.7. The summed E-state index contributed by atoms with van der Waals surface area (Å²) in [5.41, 5.74) is 1.92. The summed E-state index contributed by atoms with van der Waals surface area (Å²) in [4.78, 5) is 25.3. The third-order valence-corrected chi connectivity index (χ3v) is 5.47. The standard InChI is InChI=1S/C18H21BrN4O3/c1-22-9-13(11-3-5-12(6-4-11)18(25)26)7-14(10-22)21-15-8-20-23(2)17(24)16(15)19/h3-6,8,13-14,21H,7,9-10H2,1-2H3,(H,25,26). The second-order valence-electron chi connectivity index (χ2n) is 6.72. The third-order valence-electron chi connectivity index (χ3n) is 4.70. The lowest BCUT2D eigenvalue weighted by Gasteiger charge is -2.36. The molecule has 2 heterocycles. The lowest BCUT2D eigenvalue weighted by molar-refractivity contribution is 0.0697. The van der Waals surface area contributed by atoms with Crippen LogP contribution in [0.1, 0.15) is 28.3 Å². The fraction of sp³-hybridized carbons (Fsp3) is 0.389. The number of hydrogen-bond acceptors (Lipinski definition) is 5. The van der Waals surface area contributed by atoms with Crippen LogP contribution in [0.5, 0.6) is 0 Å². The van der Waals surface area contributed by atoms with E-state index in [1.54, 1.807) is 25.4 Å². The number of carboxylic acids is 1. The minimum Gasteiger partial charge on any atom is -0.478 e. The SMILES string of the molecule is CN1CC(Nc2cnn(C)c(=O)c2Br)CC(c2ccc(C(=O)O)cc2)C1. The van der Waals surface area contributed by atoms with Crippen molar-refractivity contribution in [1.82, 2.24) is 14.7 Å². The molecular formula is C18H21BrN4O3. The van der Waals surface area contributed by atoms with Gasteiger partial charge in [-0.2, -0.15) is 5.10 Å². The molecule has 1 aliphatic rings. The van der Waals surface area contributed by atoms with Gasteiger partial charge in [0.05, 0.1) is 17.4 Å². The Hall–Kier alpha value is -2.19. The van der Waals surface area contributed by atoms with E-state index < -0.39 is 5.97 Å². The molecule has 0 radical (unpaired) electrons. The van der Waals surface area contributed by atoms with Crippen molar-refractivity contribution in [2.45, 2.75) is 18.4 Å². The van der Waals surface area contributed by atoms with Gasteiger partial charge in [0.1, 0.15) is 4.47 Å². The highest BCUT2D eigenvalue weighted by atomic mass is 79.9. The summed E-state index contributed by atoms with van der Waals surface area (Å²) in [5, 5.41) is 16.5. The Balaban J connectivity index is 1.77. The van der Waals surface area contributed by atoms with Crippen LogP contribution < -0.4 is 10.9 Å². The largest absolute Gasteiger partial charge is 0.478 e. The van der Waals surface area contributed by atoms with Crippen LogP contribution in [0.2, 0.25) is 0 Å². The average molecular weight is 421 g/mol. The highest BCUT2D eigenvalue weighted by molar-refractivity contribution is 9.10. The molecule has 0 aliphatic carbocycles.